The lowest BCUT2D eigenvalue weighted by atomic mass is 10.1. The van der Waals surface area contributed by atoms with Crippen LogP contribution in [0.2, 0.25) is 10.0 Å². The van der Waals surface area contributed by atoms with Crippen molar-refractivity contribution in [2.45, 2.75) is 31.7 Å². The molecule has 8 heteroatoms. The van der Waals surface area contributed by atoms with Crippen LogP contribution in [0.4, 0.5) is 0 Å². The molecule has 1 unspecified atom stereocenters. The number of rotatable bonds is 4. The summed E-state index contributed by atoms with van der Waals surface area (Å²) in [5, 5.41) is 4.62. The smallest absolute Gasteiger partial charge is 0.248 e. The maximum Gasteiger partial charge on any atom is 0.248 e. The Labute approximate surface area is 139 Å². The summed E-state index contributed by atoms with van der Waals surface area (Å²) >= 11 is 12.0. The van der Waals surface area contributed by atoms with Gasteiger partial charge < -0.3 is 4.52 Å². The van der Waals surface area contributed by atoms with Crippen LogP contribution in [0.25, 0.3) is 0 Å². The van der Waals surface area contributed by atoms with E-state index in [9.17, 15) is 8.42 Å². The van der Waals surface area contributed by atoms with Crippen molar-refractivity contribution in [2.24, 2.45) is 0 Å². The van der Waals surface area contributed by atoms with Crippen molar-refractivity contribution in [3.8, 4) is 0 Å². The van der Waals surface area contributed by atoms with Crippen molar-refractivity contribution < 1.29 is 12.9 Å². The van der Waals surface area contributed by atoms with E-state index >= 15 is 0 Å². The first-order valence-electron chi connectivity index (χ1n) is 6.52. The number of halogens is 2. The van der Waals surface area contributed by atoms with Gasteiger partial charge in [-0.3, -0.25) is 0 Å². The fraction of sp³-hybridized carbons (Fsp3) is 0.357. The van der Waals surface area contributed by atoms with Crippen molar-refractivity contribution in [2.75, 3.05) is 7.05 Å². The Kier molecular flexibility index (Phi) is 4.87. The van der Waals surface area contributed by atoms with Gasteiger partial charge in [0.05, 0.1) is 0 Å². The molecule has 2 rings (SSSR count). The number of aryl methyl sites for hydroxylation is 2. The Morgan fingerprint density at radius 3 is 2.41 bits per heavy atom. The van der Waals surface area contributed by atoms with Crippen molar-refractivity contribution >= 4 is 33.2 Å². The molecule has 1 aromatic carbocycles. The van der Waals surface area contributed by atoms with Gasteiger partial charge in [-0.25, -0.2) is 8.42 Å². The zero-order valence-electron chi connectivity index (χ0n) is 12.6. The van der Waals surface area contributed by atoms with Gasteiger partial charge in [0.15, 0.2) is 5.76 Å². The predicted octanol–water partition coefficient (Wildman–Crippen LogP) is 3.98. The van der Waals surface area contributed by atoms with Crippen LogP contribution in [0.1, 0.15) is 30.0 Å². The van der Waals surface area contributed by atoms with Gasteiger partial charge in [-0.05, 0) is 38.5 Å². The molecule has 0 aliphatic carbocycles. The molecule has 0 fully saturated rings. The molecular formula is C14H16Cl2N2O3S. The minimum absolute atomic E-state index is 0.0898. The quantitative estimate of drug-likeness (QED) is 0.824. The number of hydrogen-bond donors (Lipinski definition) is 0. The third kappa shape index (κ3) is 3.01. The minimum atomic E-state index is -3.75. The normalized spacial score (nSPS) is 13.6. The molecule has 5 nitrogen and oxygen atoms in total. The van der Waals surface area contributed by atoms with Gasteiger partial charge >= 0.3 is 0 Å². The van der Waals surface area contributed by atoms with Gasteiger partial charge in [-0.15, -0.1) is 0 Å². The Bertz CT molecular complexity index is 783. The molecule has 0 N–H and O–H groups in total. The average Bonchev–Trinajstić information content (AvgIpc) is 2.77. The monoisotopic (exact) mass is 362 g/mol. The first-order chi connectivity index (χ1) is 10.2. The number of hydrogen-bond acceptors (Lipinski definition) is 4. The number of nitrogens with zero attached hydrogens (tertiary/aromatic N) is 2. The van der Waals surface area contributed by atoms with E-state index in [1.165, 1.54) is 11.4 Å². The largest absolute Gasteiger partial charge is 0.360 e. The molecule has 0 bridgehead atoms. The maximum atomic E-state index is 12.8. The van der Waals surface area contributed by atoms with E-state index in [1.807, 2.05) is 0 Å². The fourth-order valence-corrected chi connectivity index (χ4v) is 4.43. The van der Waals surface area contributed by atoms with Crippen LogP contribution in [-0.2, 0) is 10.0 Å². The van der Waals surface area contributed by atoms with E-state index in [0.717, 1.165) is 0 Å². The number of sulfonamides is 1. The lowest BCUT2D eigenvalue weighted by Crippen LogP contribution is -2.30. The van der Waals surface area contributed by atoms with Crippen LogP contribution in [-0.4, -0.2) is 24.9 Å². The van der Waals surface area contributed by atoms with E-state index in [1.54, 1.807) is 39.0 Å². The predicted molar refractivity (Wildman–Crippen MR) is 85.8 cm³/mol. The summed E-state index contributed by atoms with van der Waals surface area (Å²) in [6.07, 6.45) is 0. The lowest BCUT2D eigenvalue weighted by Gasteiger charge is -2.25. The second-order valence-corrected chi connectivity index (χ2v) is 7.79. The van der Waals surface area contributed by atoms with Gasteiger partial charge in [-0.1, -0.05) is 34.4 Å². The Balaban J connectivity index is 2.44. The Hall–Kier alpha value is -1.08. The van der Waals surface area contributed by atoms with E-state index in [2.05, 4.69) is 5.16 Å². The molecule has 2 aromatic rings. The third-order valence-corrected chi connectivity index (χ3v) is 6.30. The first kappa shape index (κ1) is 17.3. The first-order valence-corrected chi connectivity index (χ1v) is 8.71. The summed E-state index contributed by atoms with van der Waals surface area (Å²) in [6.45, 7) is 4.92. The molecule has 0 amide bonds. The highest BCUT2D eigenvalue weighted by Crippen LogP contribution is 2.33. The van der Waals surface area contributed by atoms with Crippen molar-refractivity contribution in [1.29, 1.82) is 0 Å². The Morgan fingerprint density at radius 2 is 1.91 bits per heavy atom. The molecule has 0 spiro atoms. The van der Waals surface area contributed by atoms with E-state index in [4.69, 9.17) is 27.7 Å². The summed E-state index contributed by atoms with van der Waals surface area (Å²) in [5.74, 6) is 0.263. The van der Waals surface area contributed by atoms with Crippen LogP contribution >= 0.6 is 23.2 Å². The van der Waals surface area contributed by atoms with Crippen LogP contribution in [0.3, 0.4) is 0 Å². The van der Waals surface area contributed by atoms with Crippen molar-refractivity contribution in [1.82, 2.24) is 9.46 Å². The second kappa shape index (κ2) is 6.20. The summed E-state index contributed by atoms with van der Waals surface area (Å²) in [4.78, 5) is 0.0898. The summed E-state index contributed by atoms with van der Waals surface area (Å²) < 4.78 is 31.8. The van der Waals surface area contributed by atoms with Crippen LogP contribution in [0, 0.1) is 13.8 Å². The maximum absolute atomic E-state index is 12.8. The molecule has 22 heavy (non-hydrogen) atoms. The zero-order chi connectivity index (χ0) is 16.7. The summed E-state index contributed by atoms with van der Waals surface area (Å²) in [5.41, 5.74) is 1.00. The van der Waals surface area contributed by atoms with E-state index in [-0.39, 0.29) is 10.7 Å². The fourth-order valence-electron chi connectivity index (χ4n) is 2.23. The molecule has 1 aromatic heterocycles. The minimum Gasteiger partial charge on any atom is -0.360 e. The van der Waals surface area contributed by atoms with Gasteiger partial charge in [0, 0.05) is 23.1 Å². The Morgan fingerprint density at radius 1 is 1.27 bits per heavy atom. The molecule has 1 atom stereocenters. The van der Waals surface area contributed by atoms with Crippen LogP contribution in [0.5, 0.6) is 0 Å². The number of aromatic nitrogens is 1. The van der Waals surface area contributed by atoms with Crippen molar-refractivity contribution in [3.05, 3.63) is 45.3 Å². The highest BCUT2D eigenvalue weighted by Gasteiger charge is 2.32. The van der Waals surface area contributed by atoms with Gasteiger partial charge in [0.1, 0.15) is 10.6 Å². The number of benzene rings is 1. The molecular weight excluding hydrogens is 347 g/mol. The summed E-state index contributed by atoms with van der Waals surface area (Å²) in [6, 6.07) is 4.51. The highest BCUT2D eigenvalue weighted by molar-refractivity contribution is 7.89. The standard InChI is InChI=1S/C14H16Cl2N2O3S/c1-8-14(10(3)21-17-8)22(19,20)18(4)9(2)12-6-5-11(15)7-13(12)16/h5-7,9H,1-4H3. The molecule has 0 aliphatic rings. The molecule has 0 aliphatic heterocycles. The zero-order valence-corrected chi connectivity index (χ0v) is 14.9. The molecule has 0 saturated heterocycles. The van der Waals surface area contributed by atoms with Gasteiger partial charge in [0.25, 0.3) is 0 Å². The summed E-state index contributed by atoms with van der Waals surface area (Å²) in [7, 11) is -2.25. The molecule has 0 saturated carbocycles. The van der Waals surface area contributed by atoms with Crippen molar-refractivity contribution in [3.63, 3.8) is 0 Å². The topological polar surface area (TPSA) is 63.4 Å². The molecule has 120 valence electrons. The van der Waals surface area contributed by atoms with Crippen LogP contribution in [0.15, 0.2) is 27.6 Å². The SMILES string of the molecule is Cc1noc(C)c1S(=O)(=O)N(C)C(C)c1ccc(Cl)cc1Cl. The van der Waals surface area contributed by atoms with Gasteiger partial charge in [0.2, 0.25) is 10.0 Å². The lowest BCUT2D eigenvalue weighted by molar-refractivity contribution is 0.384. The molecule has 1 heterocycles. The van der Waals surface area contributed by atoms with Gasteiger partial charge in [-0.2, -0.15) is 4.31 Å². The third-order valence-electron chi connectivity index (χ3n) is 3.56. The van der Waals surface area contributed by atoms with Crippen LogP contribution < -0.4 is 0 Å². The average molecular weight is 363 g/mol. The van der Waals surface area contributed by atoms with E-state index < -0.39 is 16.1 Å². The second-order valence-electron chi connectivity index (χ2n) is 5.02. The highest BCUT2D eigenvalue weighted by atomic mass is 35.5. The van der Waals surface area contributed by atoms with E-state index in [0.29, 0.717) is 21.3 Å². The molecule has 0 radical (unpaired) electrons.